The Kier molecular flexibility index (Phi) is 3.82. The van der Waals surface area contributed by atoms with Gasteiger partial charge in [-0.05, 0) is 34.1 Å². The second-order valence-corrected chi connectivity index (χ2v) is 4.75. The van der Waals surface area contributed by atoms with Crippen molar-refractivity contribution >= 4 is 50.5 Å². The third-order valence-corrected chi connectivity index (χ3v) is 3.14. The molecule has 2 aromatic rings. The van der Waals surface area contributed by atoms with Crippen molar-refractivity contribution < 1.29 is 4.92 Å². The number of nitrogens with one attached hydrogen (secondary N) is 1. The molecule has 3 N–H and O–H groups in total. The largest absolute Gasteiger partial charge is 0.378 e. The smallest absolute Gasteiger partial charge is 0.353 e. The summed E-state index contributed by atoms with van der Waals surface area (Å²) in [5, 5.41) is 14.2. The van der Waals surface area contributed by atoms with Gasteiger partial charge in [-0.15, -0.1) is 0 Å². The van der Waals surface area contributed by atoms with Crippen LogP contribution in [0.1, 0.15) is 0 Å². The Bertz CT molecular complexity index is 652. The Hall–Kier alpha value is -1.93. The molecule has 1 heterocycles. The third-order valence-electron chi connectivity index (χ3n) is 2.21. The summed E-state index contributed by atoms with van der Waals surface area (Å²) in [4.78, 5) is 17.7. The fourth-order valence-electron chi connectivity index (χ4n) is 1.38. The van der Waals surface area contributed by atoms with E-state index in [0.29, 0.717) is 15.2 Å². The van der Waals surface area contributed by atoms with Gasteiger partial charge in [0.05, 0.1) is 10.6 Å². The summed E-state index contributed by atoms with van der Waals surface area (Å²) in [7, 11) is 0. The van der Waals surface area contributed by atoms with E-state index in [4.69, 9.17) is 17.3 Å². The fraction of sp³-hybridized carbons (Fsp3) is 0. The number of halogens is 2. The van der Waals surface area contributed by atoms with E-state index in [9.17, 15) is 10.1 Å². The maximum absolute atomic E-state index is 11.0. The van der Waals surface area contributed by atoms with Gasteiger partial charge in [-0.3, -0.25) is 10.1 Å². The molecule has 0 amide bonds. The molecule has 7 nitrogen and oxygen atoms in total. The van der Waals surface area contributed by atoms with Crippen LogP contribution in [0.2, 0.25) is 5.02 Å². The molecule has 0 fully saturated rings. The first kappa shape index (κ1) is 13.5. The van der Waals surface area contributed by atoms with Crippen molar-refractivity contribution in [3.05, 3.63) is 44.1 Å². The van der Waals surface area contributed by atoms with Crippen molar-refractivity contribution in [3.8, 4) is 0 Å². The number of benzene rings is 1. The number of nitro groups is 1. The lowest BCUT2D eigenvalue weighted by Gasteiger charge is -2.08. The van der Waals surface area contributed by atoms with Crippen molar-refractivity contribution in [2.24, 2.45) is 0 Å². The van der Waals surface area contributed by atoms with Crippen LogP contribution in [0, 0.1) is 10.1 Å². The molecule has 0 unspecified atom stereocenters. The van der Waals surface area contributed by atoms with Crippen molar-refractivity contribution in [2.45, 2.75) is 0 Å². The lowest BCUT2D eigenvalue weighted by Crippen LogP contribution is -2.05. The molecule has 9 heteroatoms. The van der Waals surface area contributed by atoms with Gasteiger partial charge >= 0.3 is 5.69 Å². The summed E-state index contributed by atoms with van der Waals surface area (Å²) in [5.41, 5.74) is 5.63. The molecule has 0 aliphatic rings. The molecular formula is C10H7BrClN5O2. The van der Waals surface area contributed by atoms with Crippen LogP contribution < -0.4 is 11.1 Å². The molecule has 19 heavy (non-hydrogen) atoms. The number of aromatic nitrogens is 2. The maximum atomic E-state index is 11.0. The van der Waals surface area contributed by atoms with Crippen LogP contribution in [0.3, 0.4) is 0 Å². The number of nitrogens with two attached hydrogens (primary N) is 1. The highest BCUT2D eigenvalue weighted by Gasteiger charge is 2.21. The highest BCUT2D eigenvalue weighted by atomic mass is 79.9. The standard InChI is InChI=1S/C10H7BrClN5O2/c11-6-2-1-5(12)3-7(6)16-10-8(17(18)19)9(13)14-4-15-10/h1-4H,(H3,13,14,15,16). The van der Waals surface area contributed by atoms with Crippen LogP contribution >= 0.6 is 27.5 Å². The van der Waals surface area contributed by atoms with Gasteiger partial charge in [-0.2, -0.15) is 0 Å². The Labute approximate surface area is 121 Å². The van der Waals surface area contributed by atoms with E-state index in [1.165, 1.54) is 0 Å². The number of nitrogens with zero attached hydrogens (tertiary/aromatic N) is 3. The zero-order chi connectivity index (χ0) is 14.0. The maximum Gasteiger partial charge on any atom is 0.353 e. The molecule has 1 aromatic heterocycles. The van der Waals surface area contributed by atoms with E-state index in [2.05, 4.69) is 31.2 Å². The lowest BCUT2D eigenvalue weighted by molar-refractivity contribution is -0.383. The SMILES string of the molecule is Nc1ncnc(Nc2cc(Cl)ccc2Br)c1[N+](=O)[O-]. The van der Waals surface area contributed by atoms with E-state index in [-0.39, 0.29) is 17.3 Å². The topological polar surface area (TPSA) is 107 Å². The number of anilines is 3. The zero-order valence-corrected chi connectivity index (χ0v) is 11.6. The van der Waals surface area contributed by atoms with Gasteiger partial charge in [0.2, 0.25) is 11.6 Å². The molecule has 0 atom stereocenters. The Morgan fingerprint density at radius 3 is 2.84 bits per heavy atom. The minimum Gasteiger partial charge on any atom is -0.378 e. The number of nitrogen functional groups attached to an aromatic ring is 1. The van der Waals surface area contributed by atoms with E-state index < -0.39 is 4.92 Å². The van der Waals surface area contributed by atoms with Crippen molar-refractivity contribution in [2.75, 3.05) is 11.1 Å². The molecule has 0 radical (unpaired) electrons. The lowest BCUT2D eigenvalue weighted by atomic mass is 10.3. The molecule has 0 aliphatic carbocycles. The second-order valence-electron chi connectivity index (χ2n) is 3.46. The van der Waals surface area contributed by atoms with Crippen LogP contribution in [0.15, 0.2) is 29.0 Å². The molecular weight excluding hydrogens is 338 g/mol. The van der Waals surface area contributed by atoms with Crippen LogP contribution in [0.4, 0.5) is 23.0 Å². The van der Waals surface area contributed by atoms with Crippen molar-refractivity contribution in [1.29, 1.82) is 0 Å². The Balaban J connectivity index is 2.46. The molecule has 0 spiro atoms. The molecule has 0 saturated carbocycles. The molecule has 98 valence electrons. The summed E-state index contributed by atoms with van der Waals surface area (Å²) in [6, 6.07) is 4.99. The van der Waals surface area contributed by atoms with Gasteiger partial charge in [0.1, 0.15) is 6.33 Å². The van der Waals surface area contributed by atoms with Crippen molar-refractivity contribution in [1.82, 2.24) is 9.97 Å². The van der Waals surface area contributed by atoms with Gasteiger partial charge in [0, 0.05) is 9.50 Å². The minimum atomic E-state index is -0.643. The van der Waals surface area contributed by atoms with Crippen molar-refractivity contribution in [3.63, 3.8) is 0 Å². The summed E-state index contributed by atoms with van der Waals surface area (Å²) in [5.74, 6) is -0.207. The van der Waals surface area contributed by atoms with Crippen LogP contribution in [0.5, 0.6) is 0 Å². The van der Waals surface area contributed by atoms with Gasteiger partial charge < -0.3 is 11.1 Å². The van der Waals surface area contributed by atoms with Crippen LogP contribution in [-0.2, 0) is 0 Å². The van der Waals surface area contributed by atoms with Gasteiger partial charge in [0.25, 0.3) is 0 Å². The highest BCUT2D eigenvalue weighted by molar-refractivity contribution is 9.10. The van der Waals surface area contributed by atoms with E-state index in [1.54, 1.807) is 18.2 Å². The first-order valence-electron chi connectivity index (χ1n) is 4.96. The predicted octanol–water partition coefficient (Wildman–Crippen LogP) is 3.13. The monoisotopic (exact) mass is 343 g/mol. The van der Waals surface area contributed by atoms with Gasteiger partial charge in [-0.25, -0.2) is 9.97 Å². The first-order valence-corrected chi connectivity index (χ1v) is 6.13. The Morgan fingerprint density at radius 2 is 2.16 bits per heavy atom. The second kappa shape index (κ2) is 5.37. The predicted molar refractivity (Wildman–Crippen MR) is 75.5 cm³/mol. The van der Waals surface area contributed by atoms with E-state index in [0.717, 1.165) is 6.33 Å². The summed E-state index contributed by atoms with van der Waals surface area (Å²) in [6.07, 6.45) is 1.14. The zero-order valence-electron chi connectivity index (χ0n) is 9.30. The number of hydrogen-bond donors (Lipinski definition) is 2. The van der Waals surface area contributed by atoms with E-state index >= 15 is 0 Å². The Morgan fingerprint density at radius 1 is 1.42 bits per heavy atom. The van der Waals surface area contributed by atoms with Crippen LogP contribution in [0.25, 0.3) is 0 Å². The third kappa shape index (κ3) is 2.91. The first-order chi connectivity index (χ1) is 8.99. The number of rotatable bonds is 3. The summed E-state index contributed by atoms with van der Waals surface area (Å²) >= 11 is 9.17. The normalized spacial score (nSPS) is 10.2. The number of hydrogen-bond acceptors (Lipinski definition) is 6. The molecule has 2 rings (SSSR count). The molecule has 0 bridgehead atoms. The van der Waals surface area contributed by atoms with Gasteiger partial charge in [-0.1, -0.05) is 11.6 Å². The quantitative estimate of drug-likeness (QED) is 0.654. The summed E-state index contributed by atoms with van der Waals surface area (Å²) < 4.78 is 0.684. The highest BCUT2D eigenvalue weighted by Crippen LogP contribution is 2.33. The van der Waals surface area contributed by atoms with Gasteiger partial charge in [0.15, 0.2) is 0 Å². The summed E-state index contributed by atoms with van der Waals surface area (Å²) in [6.45, 7) is 0. The minimum absolute atomic E-state index is 0.000432. The molecule has 0 aliphatic heterocycles. The van der Waals surface area contributed by atoms with Crippen LogP contribution in [-0.4, -0.2) is 14.9 Å². The average molecular weight is 345 g/mol. The average Bonchev–Trinajstić information content (AvgIpc) is 2.33. The molecule has 1 aromatic carbocycles. The molecule has 0 saturated heterocycles. The fourth-order valence-corrected chi connectivity index (χ4v) is 1.90. The van der Waals surface area contributed by atoms with E-state index in [1.807, 2.05) is 0 Å².